The third-order valence-electron chi connectivity index (χ3n) is 11.4. The van der Waals surface area contributed by atoms with Crippen LogP contribution in [-0.4, -0.2) is 49.3 Å². The standard InChI is InChI=1S/C29H30F2N4OS4/c30-28-13-1-11(5-32)17(7-34)23(19(13)9-37-28)21-3-15-25(36)16-4-22(40-27(16)26(15)39-21)24-18(8-35)12(6-33)2-14-20(24)10-38-29(14)31/h11-24,26-29H,1-4,9-10H2. The van der Waals surface area contributed by atoms with Gasteiger partial charge in [0.1, 0.15) is 16.8 Å². The van der Waals surface area contributed by atoms with E-state index in [1.54, 1.807) is 0 Å². The van der Waals surface area contributed by atoms with Crippen molar-refractivity contribution in [3.05, 3.63) is 0 Å². The fourth-order valence-corrected chi connectivity index (χ4v) is 17.0. The summed E-state index contributed by atoms with van der Waals surface area (Å²) >= 11 is 6.25. The van der Waals surface area contributed by atoms with Crippen molar-refractivity contribution in [2.45, 2.75) is 57.7 Å². The molecule has 18 atom stereocenters. The average molecular weight is 617 g/mol. The van der Waals surface area contributed by atoms with E-state index in [4.69, 9.17) is 0 Å². The summed E-state index contributed by atoms with van der Waals surface area (Å²) in [7, 11) is 0. The molecule has 0 radical (unpaired) electrons. The van der Waals surface area contributed by atoms with Gasteiger partial charge in [0, 0.05) is 44.7 Å². The number of hydrogen-bond acceptors (Lipinski definition) is 9. The van der Waals surface area contributed by atoms with Crippen LogP contribution >= 0.6 is 47.0 Å². The summed E-state index contributed by atoms with van der Waals surface area (Å²) in [5.74, 6) is -0.781. The van der Waals surface area contributed by atoms with Gasteiger partial charge in [-0.25, -0.2) is 8.78 Å². The van der Waals surface area contributed by atoms with Crippen LogP contribution in [0.4, 0.5) is 8.78 Å². The molecule has 3 saturated carbocycles. The van der Waals surface area contributed by atoms with Crippen LogP contribution in [0.1, 0.15) is 25.7 Å². The number of alkyl halides is 2. The highest BCUT2D eigenvalue weighted by atomic mass is 32.2. The van der Waals surface area contributed by atoms with E-state index >= 15 is 0 Å². The van der Waals surface area contributed by atoms with Gasteiger partial charge in [-0.05, 0) is 60.9 Å². The molecule has 4 aliphatic heterocycles. The van der Waals surface area contributed by atoms with E-state index in [9.17, 15) is 34.6 Å². The smallest absolute Gasteiger partial charge is 0.149 e. The fourth-order valence-electron chi connectivity index (χ4n) is 9.64. The van der Waals surface area contributed by atoms with Crippen molar-refractivity contribution in [3.8, 4) is 24.3 Å². The monoisotopic (exact) mass is 616 g/mol. The fraction of sp³-hybridized carbons (Fsp3) is 0.828. The number of carbonyl (C=O) groups is 1. The van der Waals surface area contributed by atoms with Crippen molar-refractivity contribution in [2.24, 2.45) is 71.0 Å². The molecule has 18 unspecified atom stereocenters. The molecule has 7 fully saturated rings. The maximum absolute atomic E-state index is 14.8. The number of thioether (sulfide) groups is 4. The Morgan fingerprint density at radius 2 is 1.05 bits per heavy atom. The van der Waals surface area contributed by atoms with Crippen molar-refractivity contribution in [3.63, 3.8) is 0 Å². The normalized spacial score (nSPS) is 56.2. The molecule has 11 heteroatoms. The van der Waals surface area contributed by atoms with Gasteiger partial charge in [-0.15, -0.1) is 23.5 Å². The molecule has 3 aliphatic carbocycles. The Hall–Kier alpha value is -1.11. The predicted octanol–water partition coefficient (Wildman–Crippen LogP) is 5.70. The van der Waals surface area contributed by atoms with E-state index in [1.807, 2.05) is 23.5 Å². The summed E-state index contributed by atoms with van der Waals surface area (Å²) in [6.07, 6.45) is 2.29. The number of rotatable bonds is 2. The van der Waals surface area contributed by atoms with Crippen LogP contribution in [0.25, 0.3) is 0 Å². The number of nitrogens with zero attached hydrogens (tertiary/aromatic N) is 4. The second-order valence-corrected chi connectivity index (χ2v) is 17.9. The molecule has 7 aliphatic rings. The molecule has 210 valence electrons. The van der Waals surface area contributed by atoms with Gasteiger partial charge in [0.25, 0.3) is 0 Å². The summed E-state index contributed by atoms with van der Waals surface area (Å²) in [5.41, 5.74) is -1.98. The van der Waals surface area contributed by atoms with Crippen molar-refractivity contribution < 1.29 is 13.6 Å². The molecule has 4 heterocycles. The lowest BCUT2D eigenvalue weighted by molar-refractivity contribution is -0.124. The summed E-state index contributed by atoms with van der Waals surface area (Å²) < 4.78 is 29.6. The maximum atomic E-state index is 14.8. The molecule has 0 aromatic heterocycles. The topological polar surface area (TPSA) is 112 Å². The Balaban J connectivity index is 1.13. The lowest BCUT2D eigenvalue weighted by Gasteiger charge is -2.43. The number of halogens is 2. The number of nitriles is 4. The summed E-state index contributed by atoms with van der Waals surface area (Å²) in [6.45, 7) is 0. The number of carbonyl (C=O) groups excluding carboxylic acids is 1. The molecule has 0 N–H and O–H groups in total. The largest absolute Gasteiger partial charge is 0.299 e. The van der Waals surface area contributed by atoms with E-state index in [1.165, 1.54) is 23.5 Å². The molecule has 7 rings (SSSR count). The minimum absolute atomic E-state index is 0.0613. The molecular weight excluding hydrogens is 587 g/mol. The Labute approximate surface area is 250 Å². The average Bonchev–Trinajstić information content (AvgIpc) is 3.78. The summed E-state index contributed by atoms with van der Waals surface area (Å²) in [5, 5.41) is 40.3. The molecule has 0 spiro atoms. The minimum atomic E-state index is -0.992. The van der Waals surface area contributed by atoms with Gasteiger partial charge in [-0.3, -0.25) is 4.79 Å². The van der Waals surface area contributed by atoms with E-state index in [-0.39, 0.29) is 74.1 Å². The lowest BCUT2D eigenvalue weighted by Crippen LogP contribution is -2.44. The molecule has 0 bridgehead atoms. The van der Waals surface area contributed by atoms with Crippen molar-refractivity contribution >= 4 is 52.8 Å². The Morgan fingerprint density at radius 3 is 1.43 bits per heavy atom. The molecule has 0 aromatic carbocycles. The molecular formula is C29H30F2N4OS4. The van der Waals surface area contributed by atoms with Crippen molar-refractivity contribution in [1.82, 2.24) is 0 Å². The highest BCUT2D eigenvalue weighted by molar-refractivity contribution is 8.05. The Kier molecular flexibility index (Phi) is 7.31. The summed E-state index contributed by atoms with van der Waals surface area (Å²) in [4.78, 5) is 13.8. The Morgan fingerprint density at radius 1 is 0.625 bits per heavy atom. The van der Waals surface area contributed by atoms with Crippen LogP contribution in [-0.2, 0) is 4.79 Å². The Bertz CT molecular complexity index is 1150. The molecule has 5 nitrogen and oxygen atoms in total. The maximum Gasteiger partial charge on any atom is 0.149 e. The van der Waals surface area contributed by atoms with Crippen LogP contribution in [0.5, 0.6) is 0 Å². The first-order valence-electron chi connectivity index (χ1n) is 14.3. The number of hydrogen-bond donors (Lipinski definition) is 0. The molecule has 40 heavy (non-hydrogen) atoms. The second kappa shape index (κ2) is 10.6. The first-order chi connectivity index (χ1) is 19.4. The second-order valence-electron chi connectivity index (χ2n) is 12.8. The predicted molar refractivity (Wildman–Crippen MR) is 153 cm³/mol. The zero-order valence-corrected chi connectivity index (χ0v) is 25.0. The van der Waals surface area contributed by atoms with E-state index in [0.29, 0.717) is 37.2 Å². The van der Waals surface area contributed by atoms with Gasteiger partial charge >= 0.3 is 0 Å². The van der Waals surface area contributed by atoms with Crippen LogP contribution in [0, 0.1) is 116 Å². The third kappa shape index (κ3) is 4.01. The van der Waals surface area contributed by atoms with Crippen LogP contribution < -0.4 is 0 Å². The van der Waals surface area contributed by atoms with Crippen LogP contribution in [0.15, 0.2) is 0 Å². The van der Waals surface area contributed by atoms with Crippen LogP contribution in [0.2, 0.25) is 0 Å². The van der Waals surface area contributed by atoms with Crippen LogP contribution in [0.3, 0.4) is 0 Å². The van der Waals surface area contributed by atoms with E-state index < -0.39 is 34.7 Å². The van der Waals surface area contributed by atoms with Crippen molar-refractivity contribution in [1.29, 1.82) is 21.0 Å². The zero-order chi connectivity index (χ0) is 27.9. The zero-order valence-electron chi connectivity index (χ0n) is 21.7. The number of fused-ring (bicyclic) bond motifs is 5. The number of ketones is 1. The van der Waals surface area contributed by atoms with E-state index in [0.717, 1.165) is 0 Å². The van der Waals surface area contributed by atoms with Crippen molar-refractivity contribution in [2.75, 3.05) is 11.5 Å². The third-order valence-corrected chi connectivity index (χ3v) is 17.6. The van der Waals surface area contributed by atoms with Gasteiger partial charge in [-0.2, -0.15) is 44.6 Å². The highest BCUT2D eigenvalue weighted by Crippen LogP contribution is 2.65. The summed E-state index contributed by atoms with van der Waals surface area (Å²) in [6, 6.07) is 9.49. The van der Waals surface area contributed by atoms with Gasteiger partial charge in [0.05, 0.1) is 47.9 Å². The molecule has 0 amide bonds. The SMILES string of the molecule is N#CC1CC2C(F)SCC2C(C2CC3C(=O)C4CC(C5C(C#N)C(C#N)CC6C(F)SCC65)SC4C3S2)C1C#N. The molecule has 4 saturated heterocycles. The van der Waals surface area contributed by atoms with Gasteiger partial charge in [0.15, 0.2) is 0 Å². The minimum Gasteiger partial charge on any atom is -0.299 e. The quantitative estimate of drug-likeness (QED) is 0.386. The van der Waals surface area contributed by atoms with Gasteiger partial charge in [-0.1, -0.05) is 0 Å². The molecule has 0 aromatic rings. The van der Waals surface area contributed by atoms with Gasteiger partial charge < -0.3 is 0 Å². The highest BCUT2D eigenvalue weighted by Gasteiger charge is 2.64. The first kappa shape index (κ1) is 27.7. The first-order valence-corrected chi connectivity index (χ1v) is 18.3. The van der Waals surface area contributed by atoms with Gasteiger partial charge in [0.2, 0.25) is 0 Å². The lowest BCUT2D eigenvalue weighted by atomic mass is 9.61. The van der Waals surface area contributed by atoms with E-state index in [2.05, 4.69) is 24.3 Å². The number of Topliss-reactive ketones (excluding diaryl/α,β-unsaturated/α-hetero) is 1.